The summed E-state index contributed by atoms with van der Waals surface area (Å²) in [5, 5.41) is 12.1. The Morgan fingerprint density at radius 1 is 1.35 bits per heavy atom. The summed E-state index contributed by atoms with van der Waals surface area (Å²) < 4.78 is 0.693. The van der Waals surface area contributed by atoms with Gasteiger partial charge in [-0.1, -0.05) is 0 Å². The van der Waals surface area contributed by atoms with Crippen LogP contribution in [0.4, 0.5) is 5.82 Å². The molecule has 0 saturated heterocycles. The second-order valence-electron chi connectivity index (χ2n) is 3.21. The third kappa shape index (κ3) is 2.90. The van der Waals surface area contributed by atoms with E-state index in [1.54, 1.807) is 12.1 Å². The highest BCUT2D eigenvalue weighted by atomic mass is 127. The van der Waals surface area contributed by atoms with Crippen LogP contribution in [0.15, 0.2) is 36.8 Å². The molecule has 0 aliphatic rings. The lowest BCUT2D eigenvalue weighted by atomic mass is 10.2. The van der Waals surface area contributed by atoms with Crippen LogP contribution in [0.5, 0.6) is 5.75 Å². The van der Waals surface area contributed by atoms with E-state index in [4.69, 9.17) is 0 Å². The Bertz CT molecular complexity index is 546. The molecule has 0 bridgehead atoms. The van der Waals surface area contributed by atoms with E-state index < -0.39 is 0 Å². The Morgan fingerprint density at radius 3 is 2.82 bits per heavy atom. The maximum Gasteiger partial charge on any atom is 0.256 e. The van der Waals surface area contributed by atoms with Gasteiger partial charge < -0.3 is 10.4 Å². The van der Waals surface area contributed by atoms with E-state index >= 15 is 0 Å². The van der Waals surface area contributed by atoms with Crippen LogP contribution in [0.1, 0.15) is 10.4 Å². The van der Waals surface area contributed by atoms with Gasteiger partial charge >= 0.3 is 0 Å². The van der Waals surface area contributed by atoms with Crippen molar-refractivity contribution >= 4 is 34.3 Å². The summed E-state index contributed by atoms with van der Waals surface area (Å²) in [6.07, 6.45) is 4.46. The predicted molar refractivity (Wildman–Crippen MR) is 70.8 cm³/mol. The molecule has 0 radical (unpaired) electrons. The van der Waals surface area contributed by atoms with Gasteiger partial charge in [0.2, 0.25) is 0 Å². The molecular formula is C11H8IN3O2. The van der Waals surface area contributed by atoms with Gasteiger partial charge in [0.15, 0.2) is 5.82 Å². The molecule has 17 heavy (non-hydrogen) atoms. The van der Waals surface area contributed by atoms with Crippen LogP contribution >= 0.6 is 22.6 Å². The Balaban J connectivity index is 2.18. The van der Waals surface area contributed by atoms with Crippen molar-refractivity contribution in [3.8, 4) is 5.75 Å². The molecule has 2 N–H and O–H groups in total. The fraction of sp³-hybridized carbons (Fsp3) is 0. The first-order valence-corrected chi connectivity index (χ1v) is 5.80. The second kappa shape index (κ2) is 5.09. The zero-order chi connectivity index (χ0) is 12.3. The Labute approximate surface area is 111 Å². The molecule has 0 spiro atoms. The Morgan fingerprint density at radius 2 is 2.18 bits per heavy atom. The standard InChI is InChI=1S/C11H8IN3O2/c12-8-2-1-7(5-9(8)16)11(17)15-10-6-13-3-4-14-10/h1-6,16H,(H,14,15,17). The van der Waals surface area contributed by atoms with Crippen molar-refractivity contribution in [2.45, 2.75) is 0 Å². The van der Waals surface area contributed by atoms with E-state index in [0.717, 1.165) is 0 Å². The van der Waals surface area contributed by atoms with Gasteiger partial charge in [0.05, 0.1) is 9.77 Å². The molecule has 0 saturated carbocycles. The highest BCUT2D eigenvalue weighted by Gasteiger charge is 2.08. The van der Waals surface area contributed by atoms with Crippen LogP contribution in [0.25, 0.3) is 0 Å². The summed E-state index contributed by atoms with van der Waals surface area (Å²) in [5.74, 6) is 0.116. The van der Waals surface area contributed by atoms with Crippen molar-refractivity contribution in [2.24, 2.45) is 0 Å². The van der Waals surface area contributed by atoms with Gasteiger partial charge in [-0.15, -0.1) is 0 Å². The van der Waals surface area contributed by atoms with Crippen molar-refractivity contribution in [3.63, 3.8) is 0 Å². The normalized spacial score (nSPS) is 9.94. The van der Waals surface area contributed by atoms with Crippen LogP contribution in [0.3, 0.4) is 0 Å². The zero-order valence-corrected chi connectivity index (χ0v) is 10.7. The average molecular weight is 341 g/mol. The third-order valence-electron chi connectivity index (χ3n) is 2.01. The number of hydrogen-bond acceptors (Lipinski definition) is 4. The monoisotopic (exact) mass is 341 g/mol. The minimum Gasteiger partial charge on any atom is -0.507 e. The molecule has 1 heterocycles. The van der Waals surface area contributed by atoms with E-state index in [2.05, 4.69) is 15.3 Å². The molecule has 0 aliphatic carbocycles. The van der Waals surface area contributed by atoms with E-state index in [9.17, 15) is 9.90 Å². The van der Waals surface area contributed by atoms with Crippen LogP contribution in [0, 0.1) is 3.57 Å². The van der Waals surface area contributed by atoms with Crippen molar-refractivity contribution in [1.29, 1.82) is 0 Å². The summed E-state index contributed by atoms with van der Waals surface area (Å²) in [6, 6.07) is 4.71. The van der Waals surface area contributed by atoms with Gasteiger partial charge in [-0.3, -0.25) is 9.78 Å². The number of benzene rings is 1. The second-order valence-corrected chi connectivity index (χ2v) is 4.37. The first kappa shape index (κ1) is 11.8. The molecule has 0 aliphatic heterocycles. The topological polar surface area (TPSA) is 75.1 Å². The maximum absolute atomic E-state index is 11.8. The average Bonchev–Trinajstić information content (AvgIpc) is 2.34. The molecule has 5 nitrogen and oxygen atoms in total. The molecule has 1 amide bonds. The highest BCUT2D eigenvalue weighted by Crippen LogP contribution is 2.20. The van der Waals surface area contributed by atoms with E-state index in [-0.39, 0.29) is 11.7 Å². The SMILES string of the molecule is O=C(Nc1cnccn1)c1ccc(I)c(O)c1. The first-order chi connectivity index (χ1) is 8.16. The summed E-state index contributed by atoms with van der Waals surface area (Å²) in [7, 11) is 0. The summed E-state index contributed by atoms with van der Waals surface area (Å²) in [5.41, 5.74) is 0.369. The van der Waals surface area contributed by atoms with Gasteiger partial charge in [-0.25, -0.2) is 4.98 Å². The minimum absolute atomic E-state index is 0.0809. The number of aromatic hydroxyl groups is 1. The molecule has 1 aromatic heterocycles. The van der Waals surface area contributed by atoms with Crippen LogP contribution in [0.2, 0.25) is 0 Å². The minimum atomic E-state index is -0.336. The number of carbonyl (C=O) groups is 1. The fourth-order valence-corrected chi connectivity index (χ4v) is 1.54. The van der Waals surface area contributed by atoms with Crippen molar-refractivity contribution in [2.75, 3.05) is 5.32 Å². The Hall–Kier alpha value is -1.70. The maximum atomic E-state index is 11.8. The van der Waals surface area contributed by atoms with Crippen LogP contribution in [-0.2, 0) is 0 Å². The molecule has 2 rings (SSSR count). The fourth-order valence-electron chi connectivity index (χ4n) is 1.21. The number of halogens is 1. The third-order valence-corrected chi connectivity index (χ3v) is 2.93. The van der Waals surface area contributed by atoms with Crippen LogP contribution < -0.4 is 5.32 Å². The summed E-state index contributed by atoms with van der Waals surface area (Å²) in [6.45, 7) is 0. The van der Waals surface area contributed by atoms with Gasteiger partial charge in [-0.05, 0) is 40.8 Å². The molecule has 0 atom stereocenters. The molecule has 86 valence electrons. The van der Waals surface area contributed by atoms with Gasteiger partial charge in [0, 0.05) is 18.0 Å². The van der Waals surface area contributed by atoms with E-state index in [0.29, 0.717) is 15.0 Å². The number of amides is 1. The number of phenols is 1. The molecular weight excluding hydrogens is 333 g/mol. The van der Waals surface area contributed by atoms with E-state index in [1.165, 1.54) is 24.7 Å². The lowest BCUT2D eigenvalue weighted by Crippen LogP contribution is -2.12. The van der Waals surface area contributed by atoms with E-state index in [1.807, 2.05) is 22.6 Å². The lowest BCUT2D eigenvalue weighted by Gasteiger charge is -2.04. The van der Waals surface area contributed by atoms with Crippen molar-refractivity contribution < 1.29 is 9.90 Å². The number of hydrogen-bond donors (Lipinski definition) is 2. The van der Waals surface area contributed by atoms with Gasteiger partial charge in [0.1, 0.15) is 5.75 Å². The quantitative estimate of drug-likeness (QED) is 0.820. The molecule has 0 unspecified atom stereocenters. The molecule has 2 aromatic rings. The van der Waals surface area contributed by atoms with Crippen molar-refractivity contribution in [3.05, 3.63) is 45.9 Å². The number of phenolic OH excluding ortho intramolecular Hbond substituents is 1. The molecule has 0 fully saturated rings. The number of anilines is 1. The van der Waals surface area contributed by atoms with Gasteiger partial charge in [-0.2, -0.15) is 0 Å². The number of rotatable bonds is 2. The van der Waals surface area contributed by atoms with Crippen LogP contribution in [-0.4, -0.2) is 21.0 Å². The summed E-state index contributed by atoms with van der Waals surface area (Å²) in [4.78, 5) is 19.5. The Kier molecular flexibility index (Phi) is 3.52. The van der Waals surface area contributed by atoms with Crippen molar-refractivity contribution in [1.82, 2.24) is 9.97 Å². The lowest BCUT2D eigenvalue weighted by molar-refractivity contribution is 0.102. The molecule has 6 heteroatoms. The van der Waals surface area contributed by atoms with Gasteiger partial charge in [0.25, 0.3) is 5.91 Å². The number of nitrogens with one attached hydrogen (secondary N) is 1. The summed E-state index contributed by atoms with van der Waals surface area (Å²) >= 11 is 1.98. The highest BCUT2D eigenvalue weighted by molar-refractivity contribution is 14.1. The first-order valence-electron chi connectivity index (χ1n) is 4.72. The zero-order valence-electron chi connectivity index (χ0n) is 8.59. The number of aromatic nitrogens is 2. The molecule has 1 aromatic carbocycles. The largest absolute Gasteiger partial charge is 0.507 e. The smallest absolute Gasteiger partial charge is 0.256 e. The number of nitrogens with zero attached hydrogens (tertiary/aromatic N) is 2. The predicted octanol–water partition coefficient (Wildman–Crippen LogP) is 2.04. The number of carbonyl (C=O) groups excluding carboxylic acids is 1.